The summed E-state index contributed by atoms with van der Waals surface area (Å²) in [6, 6.07) is 5.34. The van der Waals surface area contributed by atoms with Crippen LogP contribution < -0.4 is 15.4 Å². The average Bonchev–Trinajstić information content (AvgIpc) is 2.44. The topological polar surface area (TPSA) is 76.7 Å². The summed E-state index contributed by atoms with van der Waals surface area (Å²) in [6.07, 6.45) is -0.486. The molecule has 1 aromatic carbocycles. The Hall–Kier alpha value is -1.95. The third-order valence-electron chi connectivity index (χ3n) is 2.64. The van der Waals surface area contributed by atoms with Gasteiger partial charge >= 0.3 is 6.09 Å². The molecule has 0 aliphatic carbocycles. The fraction of sp³-hybridized carbons (Fsp3) is 0.500. The van der Waals surface area contributed by atoms with Crippen LogP contribution in [-0.4, -0.2) is 36.6 Å². The fourth-order valence-electron chi connectivity index (χ4n) is 1.65. The molecule has 0 fully saturated rings. The van der Waals surface area contributed by atoms with E-state index in [1.807, 2.05) is 13.0 Å². The third kappa shape index (κ3) is 7.74. The first-order valence-corrected chi connectivity index (χ1v) is 7.81. The monoisotopic (exact) mass is 342 g/mol. The summed E-state index contributed by atoms with van der Waals surface area (Å²) in [5, 5.41) is 5.30. The molecule has 0 atom stereocenters. The van der Waals surface area contributed by atoms with Gasteiger partial charge in [0, 0.05) is 11.8 Å². The molecule has 0 radical (unpaired) electrons. The third-order valence-corrected chi connectivity index (χ3v) is 2.89. The minimum Gasteiger partial charge on any atom is -0.492 e. The van der Waals surface area contributed by atoms with E-state index in [-0.39, 0.29) is 18.4 Å². The van der Waals surface area contributed by atoms with Crippen LogP contribution in [0.2, 0.25) is 0 Å². The van der Waals surface area contributed by atoms with Crippen molar-refractivity contribution in [2.24, 2.45) is 0 Å². The number of aryl methyl sites for hydroxylation is 1. The molecule has 0 aromatic heterocycles. The smallest absolute Gasteiger partial charge is 0.407 e. The van der Waals surface area contributed by atoms with Crippen molar-refractivity contribution in [3.63, 3.8) is 0 Å². The van der Waals surface area contributed by atoms with Crippen molar-refractivity contribution in [3.05, 3.63) is 23.8 Å². The van der Waals surface area contributed by atoms with Gasteiger partial charge in [-0.2, -0.15) is 0 Å². The lowest BCUT2D eigenvalue weighted by Crippen LogP contribution is -2.34. The Kier molecular flexibility index (Phi) is 7.16. The van der Waals surface area contributed by atoms with Crippen LogP contribution in [0.3, 0.4) is 0 Å². The summed E-state index contributed by atoms with van der Waals surface area (Å²) in [7, 11) is 0. The summed E-state index contributed by atoms with van der Waals surface area (Å²) in [4.78, 5) is 22.8. The van der Waals surface area contributed by atoms with Gasteiger partial charge in [0.2, 0.25) is 5.91 Å². The second-order valence-electron chi connectivity index (χ2n) is 5.94. The van der Waals surface area contributed by atoms with E-state index in [4.69, 9.17) is 21.1 Å². The molecule has 0 unspecified atom stereocenters. The lowest BCUT2D eigenvalue weighted by Gasteiger charge is -2.19. The zero-order chi connectivity index (χ0) is 17.5. The summed E-state index contributed by atoms with van der Waals surface area (Å²) in [5.74, 6) is 0.203. The van der Waals surface area contributed by atoms with Crippen molar-refractivity contribution in [2.75, 3.05) is 24.3 Å². The molecule has 0 saturated heterocycles. The lowest BCUT2D eigenvalue weighted by molar-refractivity contribution is -0.113. The van der Waals surface area contributed by atoms with Crippen LogP contribution in [0.4, 0.5) is 10.5 Å². The van der Waals surface area contributed by atoms with Gasteiger partial charge in [-0.1, -0.05) is 6.07 Å². The maximum Gasteiger partial charge on any atom is 0.407 e. The van der Waals surface area contributed by atoms with E-state index < -0.39 is 11.7 Å². The number of alkyl halides is 1. The summed E-state index contributed by atoms with van der Waals surface area (Å²) in [5.41, 5.74) is 1.02. The number of ether oxygens (including phenoxy) is 2. The Labute approximate surface area is 141 Å². The minimum atomic E-state index is -0.530. The van der Waals surface area contributed by atoms with Crippen molar-refractivity contribution in [2.45, 2.75) is 33.3 Å². The van der Waals surface area contributed by atoms with E-state index in [1.54, 1.807) is 32.9 Å². The highest BCUT2D eigenvalue weighted by molar-refractivity contribution is 6.29. The minimum absolute atomic E-state index is 0.107. The van der Waals surface area contributed by atoms with E-state index >= 15 is 0 Å². The van der Waals surface area contributed by atoms with Crippen LogP contribution in [-0.2, 0) is 9.53 Å². The molecule has 128 valence electrons. The maximum atomic E-state index is 11.5. The molecule has 1 aromatic rings. The predicted molar refractivity (Wildman–Crippen MR) is 90.3 cm³/mol. The van der Waals surface area contributed by atoms with Crippen LogP contribution in [0.5, 0.6) is 5.75 Å². The Morgan fingerprint density at radius 3 is 2.57 bits per heavy atom. The SMILES string of the molecule is Cc1ccc(OCCNC(=O)OC(C)(C)C)cc1NC(=O)CCl. The molecule has 6 nitrogen and oxygen atoms in total. The van der Waals surface area contributed by atoms with Crippen LogP contribution in [0.1, 0.15) is 26.3 Å². The molecule has 2 N–H and O–H groups in total. The quantitative estimate of drug-likeness (QED) is 0.615. The first-order chi connectivity index (χ1) is 10.7. The van der Waals surface area contributed by atoms with Gasteiger partial charge in [0.05, 0.1) is 6.54 Å². The van der Waals surface area contributed by atoms with Gasteiger partial charge in [0.15, 0.2) is 0 Å². The van der Waals surface area contributed by atoms with E-state index in [2.05, 4.69) is 10.6 Å². The van der Waals surface area contributed by atoms with Crippen molar-refractivity contribution in [1.29, 1.82) is 0 Å². The number of alkyl carbamates (subject to hydrolysis) is 1. The first kappa shape index (κ1) is 19.1. The Bertz CT molecular complexity index is 556. The molecule has 0 spiro atoms. The molecule has 0 bridgehead atoms. The molecule has 1 rings (SSSR count). The van der Waals surface area contributed by atoms with E-state index in [0.29, 0.717) is 18.0 Å². The van der Waals surface area contributed by atoms with Crippen LogP contribution in [0, 0.1) is 6.92 Å². The fourth-order valence-corrected chi connectivity index (χ4v) is 1.71. The van der Waals surface area contributed by atoms with Crippen LogP contribution >= 0.6 is 11.6 Å². The van der Waals surface area contributed by atoms with Crippen molar-refractivity contribution < 1.29 is 19.1 Å². The zero-order valence-electron chi connectivity index (χ0n) is 13.9. The molecule has 0 heterocycles. The van der Waals surface area contributed by atoms with E-state index in [9.17, 15) is 9.59 Å². The molecule has 2 amide bonds. The number of rotatable bonds is 6. The number of benzene rings is 1. The van der Waals surface area contributed by atoms with E-state index in [0.717, 1.165) is 5.56 Å². The number of amides is 2. The van der Waals surface area contributed by atoms with Gasteiger partial charge in [-0.25, -0.2) is 4.79 Å². The molecule has 0 aliphatic rings. The van der Waals surface area contributed by atoms with Gasteiger partial charge < -0.3 is 20.1 Å². The number of nitrogens with one attached hydrogen (secondary N) is 2. The predicted octanol–water partition coefficient (Wildman–Crippen LogP) is 3.08. The number of hydrogen-bond acceptors (Lipinski definition) is 4. The summed E-state index contributed by atoms with van der Waals surface area (Å²) in [6.45, 7) is 7.86. The lowest BCUT2D eigenvalue weighted by atomic mass is 10.2. The highest BCUT2D eigenvalue weighted by Crippen LogP contribution is 2.22. The van der Waals surface area contributed by atoms with Crippen molar-refractivity contribution in [3.8, 4) is 5.75 Å². The highest BCUT2D eigenvalue weighted by atomic mass is 35.5. The molecule has 7 heteroatoms. The van der Waals surface area contributed by atoms with Crippen LogP contribution in [0.15, 0.2) is 18.2 Å². The molecular formula is C16H23ClN2O4. The normalized spacial score (nSPS) is 10.8. The largest absolute Gasteiger partial charge is 0.492 e. The highest BCUT2D eigenvalue weighted by Gasteiger charge is 2.15. The number of halogens is 1. The Balaban J connectivity index is 2.45. The second-order valence-corrected chi connectivity index (χ2v) is 6.20. The molecular weight excluding hydrogens is 320 g/mol. The number of carbonyl (C=O) groups excluding carboxylic acids is 2. The van der Waals surface area contributed by atoms with Crippen molar-refractivity contribution >= 4 is 29.3 Å². The van der Waals surface area contributed by atoms with Gasteiger partial charge in [0.25, 0.3) is 0 Å². The van der Waals surface area contributed by atoms with Gasteiger partial charge in [-0.05, 0) is 39.3 Å². The number of anilines is 1. The Morgan fingerprint density at radius 1 is 1.26 bits per heavy atom. The molecule has 23 heavy (non-hydrogen) atoms. The number of hydrogen-bond donors (Lipinski definition) is 2. The second kappa shape index (κ2) is 8.62. The zero-order valence-corrected chi connectivity index (χ0v) is 14.6. The van der Waals surface area contributed by atoms with Crippen molar-refractivity contribution in [1.82, 2.24) is 5.32 Å². The summed E-state index contributed by atoms with van der Waals surface area (Å²) < 4.78 is 10.7. The average molecular weight is 343 g/mol. The van der Waals surface area contributed by atoms with Gasteiger partial charge in [0.1, 0.15) is 23.8 Å². The first-order valence-electron chi connectivity index (χ1n) is 7.27. The maximum absolute atomic E-state index is 11.5. The summed E-state index contributed by atoms with van der Waals surface area (Å²) >= 11 is 5.48. The van der Waals surface area contributed by atoms with Gasteiger partial charge in [-0.3, -0.25) is 4.79 Å². The Morgan fingerprint density at radius 2 is 1.96 bits per heavy atom. The standard InChI is InChI=1S/C16H23ClN2O4/c1-11-5-6-12(9-13(11)19-14(20)10-17)22-8-7-18-15(21)23-16(2,3)4/h5-6,9H,7-8,10H2,1-4H3,(H,18,21)(H,19,20). The number of carbonyl (C=O) groups is 2. The van der Waals surface area contributed by atoms with Crippen LogP contribution in [0.25, 0.3) is 0 Å². The van der Waals surface area contributed by atoms with E-state index in [1.165, 1.54) is 0 Å². The molecule has 0 saturated carbocycles. The van der Waals surface area contributed by atoms with Gasteiger partial charge in [-0.15, -0.1) is 11.6 Å². The molecule has 0 aliphatic heterocycles.